The van der Waals surface area contributed by atoms with Crippen LogP contribution in [0.25, 0.3) is 0 Å². The summed E-state index contributed by atoms with van der Waals surface area (Å²) in [4.78, 5) is 11.9. The van der Waals surface area contributed by atoms with E-state index in [0.29, 0.717) is 16.9 Å². The molecule has 5 nitrogen and oxygen atoms in total. The first-order valence-electron chi connectivity index (χ1n) is 4.91. The van der Waals surface area contributed by atoms with E-state index < -0.39 is 0 Å². The second-order valence-electron chi connectivity index (χ2n) is 3.59. The van der Waals surface area contributed by atoms with E-state index in [1.807, 2.05) is 0 Å². The van der Waals surface area contributed by atoms with Gasteiger partial charge >= 0.3 is 0 Å². The Bertz CT molecular complexity index is 564. The molecule has 88 valence electrons. The molecule has 17 heavy (non-hydrogen) atoms. The SMILES string of the molecule is Cn1cc(NC(=O)c2ccc(Br)cc2N)cn1. The Hall–Kier alpha value is -1.82. The predicted octanol–water partition coefficient (Wildman–Crippen LogP) is 2.02. The van der Waals surface area contributed by atoms with Crippen molar-refractivity contribution in [2.75, 3.05) is 11.1 Å². The highest BCUT2D eigenvalue weighted by atomic mass is 79.9. The van der Waals surface area contributed by atoms with Crippen LogP contribution in [0.15, 0.2) is 35.1 Å². The molecule has 0 radical (unpaired) electrons. The minimum absolute atomic E-state index is 0.247. The largest absolute Gasteiger partial charge is 0.398 e. The molecule has 2 aromatic rings. The zero-order valence-corrected chi connectivity index (χ0v) is 10.7. The first-order valence-corrected chi connectivity index (χ1v) is 5.70. The van der Waals surface area contributed by atoms with E-state index in [2.05, 4.69) is 26.3 Å². The maximum absolute atomic E-state index is 11.9. The molecule has 0 atom stereocenters. The first kappa shape index (κ1) is 11.7. The van der Waals surface area contributed by atoms with Crippen LogP contribution >= 0.6 is 15.9 Å². The summed E-state index contributed by atoms with van der Waals surface area (Å²) in [7, 11) is 1.78. The highest BCUT2D eigenvalue weighted by Gasteiger charge is 2.10. The van der Waals surface area contributed by atoms with Gasteiger partial charge in [-0.1, -0.05) is 15.9 Å². The van der Waals surface area contributed by atoms with Crippen molar-refractivity contribution < 1.29 is 4.79 Å². The smallest absolute Gasteiger partial charge is 0.257 e. The molecular formula is C11H11BrN4O. The Labute approximate surface area is 107 Å². The van der Waals surface area contributed by atoms with Crippen LogP contribution in [0.4, 0.5) is 11.4 Å². The molecule has 0 saturated heterocycles. The summed E-state index contributed by atoms with van der Waals surface area (Å²) in [5, 5.41) is 6.68. The van der Waals surface area contributed by atoms with Gasteiger partial charge in [-0.2, -0.15) is 5.10 Å². The predicted molar refractivity (Wildman–Crippen MR) is 69.7 cm³/mol. The Kier molecular flexibility index (Phi) is 3.14. The van der Waals surface area contributed by atoms with Gasteiger partial charge in [-0.05, 0) is 18.2 Å². The van der Waals surface area contributed by atoms with E-state index >= 15 is 0 Å². The van der Waals surface area contributed by atoms with Crippen molar-refractivity contribution >= 4 is 33.2 Å². The molecule has 1 aromatic carbocycles. The van der Waals surface area contributed by atoms with E-state index in [-0.39, 0.29) is 5.91 Å². The fraction of sp³-hybridized carbons (Fsp3) is 0.0909. The molecule has 3 N–H and O–H groups in total. The second kappa shape index (κ2) is 4.58. The molecule has 6 heteroatoms. The van der Waals surface area contributed by atoms with Gasteiger partial charge in [-0.15, -0.1) is 0 Å². The van der Waals surface area contributed by atoms with E-state index in [4.69, 9.17) is 5.73 Å². The van der Waals surface area contributed by atoms with Crippen molar-refractivity contribution in [3.63, 3.8) is 0 Å². The monoisotopic (exact) mass is 294 g/mol. The van der Waals surface area contributed by atoms with Crippen LogP contribution in [0, 0.1) is 0 Å². The molecule has 0 saturated carbocycles. The number of carbonyl (C=O) groups excluding carboxylic acids is 1. The fourth-order valence-electron chi connectivity index (χ4n) is 1.42. The summed E-state index contributed by atoms with van der Waals surface area (Å²) in [5.41, 5.74) is 7.28. The van der Waals surface area contributed by atoms with Gasteiger partial charge in [-0.25, -0.2) is 0 Å². The van der Waals surface area contributed by atoms with E-state index in [1.54, 1.807) is 42.3 Å². The Morgan fingerprint density at radius 3 is 2.88 bits per heavy atom. The van der Waals surface area contributed by atoms with Crippen LogP contribution in [0.1, 0.15) is 10.4 Å². The summed E-state index contributed by atoms with van der Waals surface area (Å²) in [5.74, 6) is -0.247. The van der Waals surface area contributed by atoms with Crippen LogP contribution in [-0.2, 0) is 7.05 Å². The molecule has 0 aliphatic rings. The molecule has 0 unspecified atom stereocenters. The lowest BCUT2D eigenvalue weighted by atomic mass is 10.1. The van der Waals surface area contributed by atoms with Crippen molar-refractivity contribution in [3.8, 4) is 0 Å². The third-order valence-electron chi connectivity index (χ3n) is 2.22. The minimum Gasteiger partial charge on any atom is -0.398 e. The van der Waals surface area contributed by atoms with Crippen molar-refractivity contribution in [1.29, 1.82) is 0 Å². The van der Waals surface area contributed by atoms with E-state index in [9.17, 15) is 4.79 Å². The minimum atomic E-state index is -0.247. The quantitative estimate of drug-likeness (QED) is 0.832. The van der Waals surface area contributed by atoms with Crippen LogP contribution in [0.3, 0.4) is 0 Å². The van der Waals surface area contributed by atoms with Gasteiger partial charge in [0.2, 0.25) is 0 Å². The number of nitrogens with one attached hydrogen (secondary N) is 1. The van der Waals surface area contributed by atoms with Crippen molar-refractivity contribution in [2.45, 2.75) is 0 Å². The number of anilines is 2. The normalized spacial score (nSPS) is 10.2. The van der Waals surface area contributed by atoms with Crippen molar-refractivity contribution in [2.24, 2.45) is 7.05 Å². The van der Waals surface area contributed by atoms with Gasteiger partial charge in [0, 0.05) is 23.4 Å². The number of aromatic nitrogens is 2. The van der Waals surface area contributed by atoms with Crippen LogP contribution in [-0.4, -0.2) is 15.7 Å². The number of benzene rings is 1. The molecule has 1 amide bonds. The Morgan fingerprint density at radius 1 is 1.53 bits per heavy atom. The topological polar surface area (TPSA) is 72.9 Å². The number of amides is 1. The van der Waals surface area contributed by atoms with E-state index in [0.717, 1.165) is 4.47 Å². The van der Waals surface area contributed by atoms with Crippen molar-refractivity contribution in [3.05, 3.63) is 40.6 Å². The van der Waals surface area contributed by atoms with Crippen LogP contribution in [0.5, 0.6) is 0 Å². The number of rotatable bonds is 2. The zero-order valence-electron chi connectivity index (χ0n) is 9.14. The molecule has 0 aliphatic carbocycles. The highest BCUT2D eigenvalue weighted by molar-refractivity contribution is 9.10. The third kappa shape index (κ3) is 2.65. The zero-order chi connectivity index (χ0) is 12.4. The number of nitrogens with zero attached hydrogens (tertiary/aromatic N) is 2. The number of halogens is 1. The summed E-state index contributed by atoms with van der Waals surface area (Å²) in [6.07, 6.45) is 3.29. The molecule has 1 aromatic heterocycles. The molecule has 0 fully saturated rings. The summed E-state index contributed by atoms with van der Waals surface area (Å²) in [6.45, 7) is 0. The number of hydrogen-bond donors (Lipinski definition) is 2. The number of carbonyl (C=O) groups is 1. The molecule has 1 heterocycles. The van der Waals surface area contributed by atoms with Gasteiger partial charge in [0.05, 0.1) is 17.4 Å². The Morgan fingerprint density at radius 2 is 2.29 bits per heavy atom. The lowest BCUT2D eigenvalue weighted by Gasteiger charge is -2.05. The molecular weight excluding hydrogens is 284 g/mol. The van der Waals surface area contributed by atoms with Gasteiger partial charge in [-0.3, -0.25) is 9.48 Å². The van der Waals surface area contributed by atoms with Crippen LogP contribution in [0.2, 0.25) is 0 Å². The van der Waals surface area contributed by atoms with Gasteiger partial charge < -0.3 is 11.1 Å². The summed E-state index contributed by atoms with van der Waals surface area (Å²) < 4.78 is 2.45. The van der Waals surface area contributed by atoms with Gasteiger partial charge in [0.15, 0.2) is 0 Å². The lowest BCUT2D eigenvalue weighted by molar-refractivity contribution is 0.102. The fourth-order valence-corrected chi connectivity index (χ4v) is 1.80. The maximum Gasteiger partial charge on any atom is 0.257 e. The van der Waals surface area contributed by atoms with Gasteiger partial charge in [0.1, 0.15) is 0 Å². The average Bonchev–Trinajstić information content (AvgIpc) is 2.63. The standard InChI is InChI=1S/C11H11BrN4O/c1-16-6-8(5-14-16)15-11(17)9-3-2-7(12)4-10(9)13/h2-6H,13H2,1H3,(H,15,17). The average molecular weight is 295 g/mol. The Balaban J connectivity index is 2.20. The molecule has 0 bridgehead atoms. The first-order chi connectivity index (χ1) is 8.06. The molecule has 2 rings (SSSR count). The summed E-state index contributed by atoms with van der Waals surface area (Å²) >= 11 is 3.29. The molecule has 0 aliphatic heterocycles. The molecule has 0 spiro atoms. The van der Waals surface area contributed by atoms with Crippen LogP contribution < -0.4 is 11.1 Å². The number of nitrogen functional groups attached to an aromatic ring is 1. The lowest BCUT2D eigenvalue weighted by Crippen LogP contribution is -2.13. The van der Waals surface area contributed by atoms with Gasteiger partial charge in [0.25, 0.3) is 5.91 Å². The second-order valence-corrected chi connectivity index (χ2v) is 4.50. The summed E-state index contributed by atoms with van der Waals surface area (Å²) in [6, 6.07) is 5.14. The number of aryl methyl sites for hydroxylation is 1. The maximum atomic E-state index is 11.9. The number of hydrogen-bond acceptors (Lipinski definition) is 3. The van der Waals surface area contributed by atoms with Crippen molar-refractivity contribution in [1.82, 2.24) is 9.78 Å². The number of nitrogens with two attached hydrogens (primary N) is 1. The van der Waals surface area contributed by atoms with E-state index in [1.165, 1.54) is 0 Å². The highest BCUT2D eigenvalue weighted by Crippen LogP contribution is 2.19. The third-order valence-corrected chi connectivity index (χ3v) is 2.71.